The molecule has 0 aliphatic carbocycles. The molecule has 0 spiro atoms. The number of hydrogen-bond acceptors (Lipinski definition) is 4. The maximum atomic E-state index is 11.8. The summed E-state index contributed by atoms with van der Waals surface area (Å²) < 4.78 is 5.08. The van der Waals surface area contributed by atoms with Crippen LogP contribution >= 0.6 is 0 Å². The second-order valence-electron chi connectivity index (χ2n) is 4.41. The molecule has 18 heavy (non-hydrogen) atoms. The molecule has 0 amide bonds. The first-order valence-electron chi connectivity index (χ1n) is 6.46. The summed E-state index contributed by atoms with van der Waals surface area (Å²) in [6.07, 6.45) is 0. The number of nitrogens with zero attached hydrogens (tertiary/aromatic N) is 1. The van der Waals surface area contributed by atoms with Gasteiger partial charge in [-0.2, -0.15) is 0 Å². The third-order valence-electron chi connectivity index (χ3n) is 3.26. The van der Waals surface area contributed by atoms with E-state index < -0.39 is 0 Å². The van der Waals surface area contributed by atoms with Crippen LogP contribution in [0.2, 0.25) is 0 Å². The minimum atomic E-state index is -0.230. The van der Waals surface area contributed by atoms with Crippen LogP contribution < -0.4 is 10.2 Å². The molecule has 1 saturated heterocycles. The van der Waals surface area contributed by atoms with Gasteiger partial charge in [0, 0.05) is 31.9 Å². The predicted molar refractivity (Wildman–Crippen MR) is 72.2 cm³/mol. The summed E-state index contributed by atoms with van der Waals surface area (Å²) in [4.78, 5) is 14.2. The second kappa shape index (κ2) is 5.87. The SMILES string of the molecule is CCOC(=O)c1cccc(N2CCNCC2)c1C. The Balaban J connectivity index is 2.26. The van der Waals surface area contributed by atoms with Gasteiger partial charge in [-0.25, -0.2) is 4.79 Å². The van der Waals surface area contributed by atoms with E-state index in [9.17, 15) is 4.79 Å². The summed E-state index contributed by atoms with van der Waals surface area (Å²) in [5.74, 6) is -0.230. The molecule has 1 aromatic carbocycles. The predicted octanol–water partition coefficient (Wildman–Crippen LogP) is 1.58. The maximum Gasteiger partial charge on any atom is 0.338 e. The molecule has 1 fully saturated rings. The fraction of sp³-hybridized carbons (Fsp3) is 0.500. The minimum Gasteiger partial charge on any atom is -0.462 e. The lowest BCUT2D eigenvalue weighted by Crippen LogP contribution is -2.43. The summed E-state index contributed by atoms with van der Waals surface area (Å²) in [7, 11) is 0. The van der Waals surface area contributed by atoms with Crippen molar-refractivity contribution in [1.29, 1.82) is 0 Å². The van der Waals surface area contributed by atoms with Crippen LogP contribution in [-0.2, 0) is 4.74 Å². The molecule has 0 unspecified atom stereocenters. The van der Waals surface area contributed by atoms with Crippen LogP contribution in [-0.4, -0.2) is 38.8 Å². The Morgan fingerprint density at radius 1 is 1.39 bits per heavy atom. The molecule has 0 aromatic heterocycles. The van der Waals surface area contributed by atoms with Crippen LogP contribution in [0.5, 0.6) is 0 Å². The lowest BCUT2D eigenvalue weighted by atomic mass is 10.1. The monoisotopic (exact) mass is 248 g/mol. The normalized spacial score (nSPS) is 15.6. The molecule has 0 radical (unpaired) electrons. The van der Waals surface area contributed by atoms with E-state index >= 15 is 0 Å². The fourth-order valence-corrected chi connectivity index (χ4v) is 2.30. The molecule has 0 atom stereocenters. The van der Waals surface area contributed by atoms with Gasteiger partial charge < -0.3 is 15.0 Å². The number of rotatable bonds is 3. The average molecular weight is 248 g/mol. The van der Waals surface area contributed by atoms with E-state index in [1.807, 2.05) is 26.0 Å². The van der Waals surface area contributed by atoms with Crippen molar-refractivity contribution in [3.63, 3.8) is 0 Å². The van der Waals surface area contributed by atoms with Gasteiger partial charge in [0.2, 0.25) is 0 Å². The van der Waals surface area contributed by atoms with Gasteiger partial charge in [-0.3, -0.25) is 0 Å². The minimum absolute atomic E-state index is 0.230. The first kappa shape index (κ1) is 12.9. The fourth-order valence-electron chi connectivity index (χ4n) is 2.30. The molecule has 1 N–H and O–H groups in total. The third-order valence-corrected chi connectivity index (χ3v) is 3.26. The summed E-state index contributed by atoms with van der Waals surface area (Å²) >= 11 is 0. The molecule has 2 rings (SSSR count). The number of anilines is 1. The van der Waals surface area contributed by atoms with Gasteiger partial charge in [0.1, 0.15) is 0 Å². The maximum absolute atomic E-state index is 11.8. The van der Waals surface area contributed by atoms with Crippen LogP contribution in [0.15, 0.2) is 18.2 Å². The zero-order chi connectivity index (χ0) is 13.0. The molecule has 4 heteroatoms. The van der Waals surface area contributed by atoms with Crippen molar-refractivity contribution in [2.24, 2.45) is 0 Å². The van der Waals surface area contributed by atoms with Crippen molar-refractivity contribution >= 4 is 11.7 Å². The van der Waals surface area contributed by atoms with Gasteiger partial charge in [-0.05, 0) is 31.5 Å². The molecule has 1 heterocycles. The van der Waals surface area contributed by atoms with Crippen LogP contribution in [0.4, 0.5) is 5.69 Å². The zero-order valence-electron chi connectivity index (χ0n) is 11.0. The van der Waals surface area contributed by atoms with Crippen LogP contribution in [0.3, 0.4) is 0 Å². The standard InChI is InChI=1S/C14H20N2O2/c1-3-18-14(17)12-5-4-6-13(11(12)2)16-9-7-15-8-10-16/h4-6,15H,3,7-10H2,1-2H3. The summed E-state index contributed by atoms with van der Waals surface area (Å²) in [6.45, 7) is 8.17. The zero-order valence-corrected chi connectivity index (χ0v) is 11.0. The van der Waals surface area contributed by atoms with Crippen LogP contribution in [0, 0.1) is 6.92 Å². The number of ether oxygens (including phenoxy) is 1. The first-order valence-corrected chi connectivity index (χ1v) is 6.46. The van der Waals surface area contributed by atoms with E-state index in [4.69, 9.17) is 4.74 Å². The van der Waals surface area contributed by atoms with E-state index in [0.717, 1.165) is 37.4 Å². The quantitative estimate of drug-likeness (QED) is 0.825. The van der Waals surface area contributed by atoms with Gasteiger partial charge in [0.25, 0.3) is 0 Å². The summed E-state index contributed by atoms with van der Waals surface area (Å²) in [5.41, 5.74) is 2.83. The molecular weight excluding hydrogens is 228 g/mol. The Kier molecular flexibility index (Phi) is 4.20. The number of esters is 1. The van der Waals surface area contributed by atoms with Gasteiger partial charge in [0.05, 0.1) is 12.2 Å². The van der Waals surface area contributed by atoms with E-state index in [0.29, 0.717) is 12.2 Å². The topological polar surface area (TPSA) is 41.6 Å². The van der Waals surface area contributed by atoms with Crippen LogP contribution in [0.1, 0.15) is 22.8 Å². The largest absolute Gasteiger partial charge is 0.462 e. The second-order valence-corrected chi connectivity index (χ2v) is 4.41. The van der Waals surface area contributed by atoms with Crippen molar-refractivity contribution in [2.75, 3.05) is 37.7 Å². The van der Waals surface area contributed by atoms with Crippen molar-refractivity contribution in [1.82, 2.24) is 5.32 Å². The number of nitrogens with one attached hydrogen (secondary N) is 1. The molecule has 1 aliphatic heterocycles. The molecular formula is C14H20N2O2. The molecule has 0 saturated carbocycles. The van der Waals surface area contributed by atoms with E-state index in [2.05, 4.69) is 16.3 Å². The lowest BCUT2D eigenvalue weighted by Gasteiger charge is -2.31. The highest BCUT2D eigenvalue weighted by Gasteiger charge is 2.17. The number of hydrogen-bond donors (Lipinski definition) is 1. The van der Waals surface area contributed by atoms with E-state index in [1.165, 1.54) is 0 Å². The number of benzene rings is 1. The van der Waals surface area contributed by atoms with Crippen molar-refractivity contribution in [2.45, 2.75) is 13.8 Å². The Hall–Kier alpha value is -1.55. The molecule has 1 aromatic rings. The van der Waals surface area contributed by atoms with Crippen molar-refractivity contribution in [3.8, 4) is 0 Å². The van der Waals surface area contributed by atoms with Gasteiger partial charge >= 0.3 is 5.97 Å². The highest BCUT2D eigenvalue weighted by atomic mass is 16.5. The lowest BCUT2D eigenvalue weighted by molar-refractivity contribution is 0.0525. The van der Waals surface area contributed by atoms with E-state index in [-0.39, 0.29) is 5.97 Å². The average Bonchev–Trinajstić information content (AvgIpc) is 2.40. The Morgan fingerprint density at radius 3 is 2.78 bits per heavy atom. The van der Waals surface area contributed by atoms with Gasteiger partial charge in [0.15, 0.2) is 0 Å². The third kappa shape index (κ3) is 2.64. The molecule has 0 bridgehead atoms. The molecule has 4 nitrogen and oxygen atoms in total. The summed E-state index contributed by atoms with van der Waals surface area (Å²) in [5, 5.41) is 3.33. The Labute approximate surface area is 108 Å². The highest BCUT2D eigenvalue weighted by molar-refractivity contribution is 5.92. The van der Waals surface area contributed by atoms with Crippen LogP contribution in [0.25, 0.3) is 0 Å². The summed E-state index contributed by atoms with van der Waals surface area (Å²) in [6, 6.07) is 5.83. The molecule has 1 aliphatic rings. The van der Waals surface area contributed by atoms with Gasteiger partial charge in [-0.15, -0.1) is 0 Å². The van der Waals surface area contributed by atoms with E-state index in [1.54, 1.807) is 0 Å². The number of piperazine rings is 1. The molecule has 98 valence electrons. The van der Waals surface area contributed by atoms with Crippen molar-refractivity contribution < 1.29 is 9.53 Å². The smallest absolute Gasteiger partial charge is 0.338 e. The first-order chi connectivity index (χ1) is 8.74. The van der Waals surface area contributed by atoms with Crippen molar-refractivity contribution in [3.05, 3.63) is 29.3 Å². The number of carbonyl (C=O) groups excluding carboxylic acids is 1. The Morgan fingerprint density at radius 2 is 2.11 bits per heavy atom. The Bertz CT molecular complexity index is 426. The number of carbonyl (C=O) groups is 1. The van der Waals surface area contributed by atoms with Gasteiger partial charge in [-0.1, -0.05) is 6.07 Å². The highest BCUT2D eigenvalue weighted by Crippen LogP contribution is 2.24.